The normalized spacial score (nSPS) is 25.7. The summed E-state index contributed by atoms with van der Waals surface area (Å²) in [5.74, 6) is -2.60. The molecule has 0 aromatic rings. The predicted octanol–water partition coefficient (Wildman–Crippen LogP) is 1.03. The van der Waals surface area contributed by atoms with E-state index in [1.54, 1.807) is 0 Å². The predicted molar refractivity (Wildman–Crippen MR) is 46.6 cm³/mol. The van der Waals surface area contributed by atoms with E-state index in [0.717, 1.165) is 0 Å². The number of nitrogens with one attached hydrogen (secondary N) is 2. The molecule has 0 spiro atoms. The SMILES string of the molecule is O=C(O)NCCC1CC(F)(F)CCN1. The Morgan fingerprint density at radius 1 is 1.64 bits per heavy atom. The van der Waals surface area contributed by atoms with Crippen LogP contribution in [0, 0.1) is 0 Å². The van der Waals surface area contributed by atoms with Crippen molar-refractivity contribution in [3.63, 3.8) is 0 Å². The zero-order chi connectivity index (χ0) is 10.6. The van der Waals surface area contributed by atoms with Crippen molar-refractivity contribution in [3.8, 4) is 0 Å². The highest BCUT2D eigenvalue weighted by Crippen LogP contribution is 2.28. The highest BCUT2D eigenvalue weighted by Gasteiger charge is 2.35. The van der Waals surface area contributed by atoms with Crippen molar-refractivity contribution in [2.75, 3.05) is 13.1 Å². The van der Waals surface area contributed by atoms with Crippen molar-refractivity contribution in [2.45, 2.75) is 31.2 Å². The number of hydrogen-bond acceptors (Lipinski definition) is 2. The van der Waals surface area contributed by atoms with Crippen LogP contribution in [0.15, 0.2) is 0 Å². The first-order chi connectivity index (χ1) is 6.49. The molecular formula is C8H14F2N2O2. The standard InChI is InChI=1S/C8H14F2N2O2/c9-8(10)2-4-11-6(5-8)1-3-12-7(13)14/h6,11-12H,1-5H2,(H,13,14). The van der Waals surface area contributed by atoms with E-state index in [9.17, 15) is 13.6 Å². The van der Waals surface area contributed by atoms with Gasteiger partial charge >= 0.3 is 6.09 Å². The minimum atomic E-state index is -2.60. The average Bonchev–Trinajstić information content (AvgIpc) is 2.01. The molecule has 0 bridgehead atoms. The van der Waals surface area contributed by atoms with E-state index in [4.69, 9.17) is 5.11 Å². The number of piperidine rings is 1. The van der Waals surface area contributed by atoms with E-state index in [1.165, 1.54) is 0 Å². The molecule has 0 saturated carbocycles. The van der Waals surface area contributed by atoms with E-state index < -0.39 is 12.0 Å². The second-order valence-corrected chi connectivity index (χ2v) is 3.48. The summed E-state index contributed by atoms with van der Waals surface area (Å²) in [5.41, 5.74) is 0. The van der Waals surface area contributed by atoms with Crippen molar-refractivity contribution in [3.05, 3.63) is 0 Å². The highest BCUT2D eigenvalue weighted by atomic mass is 19.3. The Balaban J connectivity index is 2.21. The van der Waals surface area contributed by atoms with E-state index in [1.807, 2.05) is 0 Å². The lowest BCUT2D eigenvalue weighted by Crippen LogP contribution is -2.45. The molecule has 1 fully saturated rings. The lowest BCUT2D eigenvalue weighted by Gasteiger charge is -2.29. The van der Waals surface area contributed by atoms with E-state index in [2.05, 4.69) is 10.6 Å². The van der Waals surface area contributed by atoms with Gasteiger partial charge in [-0.15, -0.1) is 0 Å². The Labute approximate surface area is 80.7 Å². The molecule has 1 rings (SSSR count). The van der Waals surface area contributed by atoms with Gasteiger partial charge in [-0.25, -0.2) is 13.6 Å². The molecule has 1 aliphatic heterocycles. The summed E-state index contributed by atoms with van der Waals surface area (Å²) < 4.78 is 25.7. The first-order valence-electron chi connectivity index (χ1n) is 4.58. The summed E-state index contributed by atoms with van der Waals surface area (Å²) in [5, 5.41) is 13.4. The van der Waals surface area contributed by atoms with Crippen molar-refractivity contribution in [1.82, 2.24) is 10.6 Å². The van der Waals surface area contributed by atoms with Crippen LogP contribution in [0.3, 0.4) is 0 Å². The lowest BCUT2D eigenvalue weighted by atomic mass is 9.98. The number of hydrogen-bond donors (Lipinski definition) is 3. The number of carbonyl (C=O) groups is 1. The van der Waals surface area contributed by atoms with Crippen LogP contribution >= 0.6 is 0 Å². The van der Waals surface area contributed by atoms with Gasteiger partial charge in [-0.3, -0.25) is 0 Å². The summed E-state index contributed by atoms with van der Waals surface area (Å²) in [6.45, 7) is 0.508. The molecule has 1 aliphatic rings. The second kappa shape index (κ2) is 4.54. The molecule has 14 heavy (non-hydrogen) atoms. The molecule has 3 N–H and O–H groups in total. The van der Waals surface area contributed by atoms with Gasteiger partial charge in [0.25, 0.3) is 5.92 Å². The molecule has 1 heterocycles. The van der Waals surface area contributed by atoms with Gasteiger partial charge in [-0.05, 0) is 6.42 Å². The van der Waals surface area contributed by atoms with Crippen LogP contribution < -0.4 is 10.6 Å². The Morgan fingerprint density at radius 2 is 2.36 bits per heavy atom. The molecule has 1 amide bonds. The maximum Gasteiger partial charge on any atom is 0.404 e. The third-order valence-electron chi connectivity index (χ3n) is 2.24. The fourth-order valence-corrected chi connectivity index (χ4v) is 1.55. The molecule has 1 unspecified atom stereocenters. The Morgan fingerprint density at radius 3 is 2.93 bits per heavy atom. The average molecular weight is 208 g/mol. The van der Waals surface area contributed by atoms with Gasteiger partial charge in [0.1, 0.15) is 0 Å². The molecule has 0 aliphatic carbocycles. The zero-order valence-electron chi connectivity index (χ0n) is 7.72. The quantitative estimate of drug-likeness (QED) is 0.649. The van der Waals surface area contributed by atoms with Gasteiger partial charge in [-0.2, -0.15) is 0 Å². The monoisotopic (exact) mass is 208 g/mol. The number of carboxylic acid groups (broad SMARTS) is 1. The van der Waals surface area contributed by atoms with Crippen molar-refractivity contribution in [2.24, 2.45) is 0 Å². The van der Waals surface area contributed by atoms with Gasteiger partial charge < -0.3 is 15.7 Å². The Kier molecular flexibility index (Phi) is 3.62. The van der Waals surface area contributed by atoms with Crippen LogP contribution in [0.4, 0.5) is 13.6 Å². The summed E-state index contributed by atoms with van der Waals surface area (Å²) in [7, 11) is 0. The number of halogens is 2. The van der Waals surface area contributed by atoms with Gasteiger partial charge in [0, 0.05) is 32.0 Å². The summed E-state index contributed by atoms with van der Waals surface area (Å²) in [4.78, 5) is 10.1. The van der Waals surface area contributed by atoms with Crippen LogP contribution in [0.5, 0.6) is 0 Å². The first kappa shape index (κ1) is 11.2. The van der Waals surface area contributed by atoms with Crippen LogP contribution in [-0.2, 0) is 0 Å². The fourth-order valence-electron chi connectivity index (χ4n) is 1.55. The smallest absolute Gasteiger partial charge is 0.404 e. The summed E-state index contributed by atoms with van der Waals surface area (Å²) in [6, 6.07) is -0.286. The van der Waals surface area contributed by atoms with Crippen LogP contribution in [0.25, 0.3) is 0 Å². The summed E-state index contributed by atoms with van der Waals surface area (Å²) in [6.07, 6.45) is -1.04. The molecule has 1 saturated heterocycles. The van der Waals surface area contributed by atoms with E-state index >= 15 is 0 Å². The summed E-state index contributed by atoms with van der Waals surface area (Å²) >= 11 is 0. The Bertz CT molecular complexity index is 212. The molecule has 0 aromatic heterocycles. The largest absolute Gasteiger partial charge is 0.465 e. The van der Waals surface area contributed by atoms with Crippen LogP contribution in [0.2, 0.25) is 0 Å². The van der Waals surface area contributed by atoms with Crippen molar-refractivity contribution in [1.29, 1.82) is 0 Å². The molecule has 4 nitrogen and oxygen atoms in total. The minimum absolute atomic E-state index is 0.129. The lowest BCUT2D eigenvalue weighted by molar-refractivity contribution is -0.0417. The molecule has 0 radical (unpaired) electrons. The van der Waals surface area contributed by atoms with Crippen molar-refractivity contribution >= 4 is 6.09 Å². The number of rotatable bonds is 3. The molecule has 1 atom stereocenters. The van der Waals surface area contributed by atoms with E-state index in [-0.39, 0.29) is 25.4 Å². The topological polar surface area (TPSA) is 61.4 Å². The molecule has 6 heteroatoms. The van der Waals surface area contributed by atoms with Gasteiger partial charge in [0.05, 0.1) is 0 Å². The maximum absolute atomic E-state index is 12.9. The molecule has 0 aromatic carbocycles. The zero-order valence-corrected chi connectivity index (χ0v) is 7.72. The second-order valence-electron chi connectivity index (χ2n) is 3.48. The van der Waals surface area contributed by atoms with Gasteiger partial charge in [-0.1, -0.05) is 0 Å². The highest BCUT2D eigenvalue weighted by molar-refractivity contribution is 5.64. The molecule has 82 valence electrons. The third-order valence-corrected chi connectivity index (χ3v) is 2.24. The van der Waals surface area contributed by atoms with Crippen LogP contribution in [0.1, 0.15) is 19.3 Å². The Hall–Kier alpha value is -0.910. The van der Waals surface area contributed by atoms with Crippen molar-refractivity contribution < 1.29 is 18.7 Å². The first-order valence-corrected chi connectivity index (χ1v) is 4.58. The number of alkyl halides is 2. The third kappa shape index (κ3) is 3.87. The van der Waals surface area contributed by atoms with Gasteiger partial charge in [0.15, 0.2) is 0 Å². The van der Waals surface area contributed by atoms with E-state index in [0.29, 0.717) is 13.0 Å². The fraction of sp³-hybridized carbons (Fsp3) is 0.875. The minimum Gasteiger partial charge on any atom is -0.465 e. The number of amides is 1. The maximum atomic E-state index is 12.9. The van der Waals surface area contributed by atoms with Gasteiger partial charge in [0.2, 0.25) is 0 Å². The van der Waals surface area contributed by atoms with Crippen LogP contribution in [-0.4, -0.2) is 36.3 Å². The molecular weight excluding hydrogens is 194 g/mol.